The summed E-state index contributed by atoms with van der Waals surface area (Å²) in [6, 6.07) is 8.64. The molecule has 1 N–H and O–H groups in total. The van der Waals surface area contributed by atoms with Crippen molar-refractivity contribution < 1.29 is 4.39 Å². The van der Waals surface area contributed by atoms with Gasteiger partial charge < -0.3 is 0 Å². The number of aromatic amines is 1. The van der Waals surface area contributed by atoms with Crippen molar-refractivity contribution in [2.75, 3.05) is 7.05 Å². The third kappa shape index (κ3) is 3.26. The predicted molar refractivity (Wildman–Crippen MR) is 88.2 cm³/mol. The second-order valence-electron chi connectivity index (χ2n) is 5.48. The highest BCUT2D eigenvalue weighted by Gasteiger charge is 2.11. The average molecular weight is 315 g/mol. The van der Waals surface area contributed by atoms with Crippen LogP contribution in [0, 0.1) is 12.7 Å². The molecular weight excluding hydrogens is 297 g/mol. The molecule has 0 spiro atoms. The van der Waals surface area contributed by atoms with Crippen LogP contribution in [0.4, 0.5) is 4.39 Å². The molecule has 0 amide bonds. The van der Waals surface area contributed by atoms with Gasteiger partial charge in [0.2, 0.25) is 0 Å². The van der Waals surface area contributed by atoms with Crippen LogP contribution in [0.5, 0.6) is 0 Å². The van der Waals surface area contributed by atoms with Gasteiger partial charge in [-0.3, -0.25) is 10.00 Å². The van der Waals surface area contributed by atoms with Crippen LogP contribution in [0.3, 0.4) is 0 Å². The van der Waals surface area contributed by atoms with Gasteiger partial charge in [0.25, 0.3) is 0 Å². The van der Waals surface area contributed by atoms with Gasteiger partial charge in [0.1, 0.15) is 5.82 Å². The standard InChI is InChI=1S/C17H18FN3S/c1-12-7-8-22-16(12)11-21(2)10-14-9-19-20-17(14)13-3-5-15(18)6-4-13/h3-9H,10-11H2,1-2H3,(H,19,20). The summed E-state index contributed by atoms with van der Waals surface area (Å²) in [5, 5.41) is 9.29. The lowest BCUT2D eigenvalue weighted by Gasteiger charge is -2.16. The summed E-state index contributed by atoms with van der Waals surface area (Å²) >= 11 is 1.79. The molecule has 0 bridgehead atoms. The summed E-state index contributed by atoms with van der Waals surface area (Å²) in [7, 11) is 2.10. The Balaban J connectivity index is 1.75. The van der Waals surface area contributed by atoms with E-state index in [2.05, 4.69) is 40.5 Å². The van der Waals surface area contributed by atoms with Gasteiger partial charge >= 0.3 is 0 Å². The molecule has 0 unspecified atom stereocenters. The SMILES string of the molecule is Cc1ccsc1CN(C)Cc1cn[nH]c1-c1ccc(F)cc1. The second kappa shape index (κ2) is 6.42. The number of halogens is 1. The smallest absolute Gasteiger partial charge is 0.123 e. The van der Waals surface area contributed by atoms with Crippen LogP contribution >= 0.6 is 11.3 Å². The van der Waals surface area contributed by atoms with Gasteiger partial charge in [0.05, 0.1) is 11.9 Å². The molecule has 1 aromatic carbocycles. The summed E-state index contributed by atoms with van der Waals surface area (Å²) in [4.78, 5) is 3.64. The minimum atomic E-state index is -0.227. The fourth-order valence-electron chi connectivity index (χ4n) is 2.46. The number of thiophene rings is 1. The van der Waals surface area contributed by atoms with Crippen LogP contribution in [0.15, 0.2) is 41.9 Å². The van der Waals surface area contributed by atoms with Crippen molar-refractivity contribution in [3.8, 4) is 11.3 Å². The van der Waals surface area contributed by atoms with E-state index in [1.54, 1.807) is 23.5 Å². The Hall–Kier alpha value is -1.98. The summed E-state index contributed by atoms with van der Waals surface area (Å²) in [5.41, 5.74) is 4.36. The highest BCUT2D eigenvalue weighted by Crippen LogP contribution is 2.24. The first kappa shape index (κ1) is 14.9. The number of hydrogen-bond donors (Lipinski definition) is 1. The molecule has 2 heterocycles. The number of H-pyrrole nitrogens is 1. The van der Waals surface area contributed by atoms with E-state index in [-0.39, 0.29) is 5.82 Å². The molecule has 114 valence electrons. The molecule has 22 heavy (non-hydrogen) atoms. The molecule has 5 heteroatoms. The van der Waals surface area contributed by atoms with E-state index >= 15 is 0 Å². The van der Waals surface area contributed by atoms with E-state index < -0.39 is 0 Å². The first-order valence-electron chi connectivity index (χ1n) is 7.13. The number of nitrogens with one attached hydrogen (secondary N) is 1. The fraction of sp³-hybridized carbons (Fsp3) is 0.235. The van der Waals surface area contributed by atoms with E-state index in [9.17, 15) is 4.39 Å². The van der Waals surface area contributed by atoms with E-state index in [0.717, 1.165) is 29.9 Å². The third-order valence-corrected chi connectivity index (χ3v) is 4.68. The first-order chi connectivity index (χ1) is 10.6. The Bertz CT molecular complexity index is 745. The van der Waals surface area contributed by atoms with Crippen molar-refractivity contribution in [3.05, 3.63) is 63.7 Å². The normalized spacial score (nSPS) is 11.3. The zero-order valence-electron chi connectivity index (χ0n) is 12.6. The molecule has 0 aliphatic heterocycles. The van der Waals surface area contributed by atoms with Crippen molar-refractivity contribution in [1.82, 2.24) is 15.1 Å². The van der Waals surface area contributed by atoms with Crippen LogP contribution in [-0.4, -0.2) is 22.1 Å². The molecule has 3 rings (SSSR count). The summed E-state index contributed by atoms with van der Waals surface area (Å²) in [5.74, 6) is -0.227. The van der Waals surface area contributed by atoms with Gasteiger partial charge in [-0.2, -0.15) is 5.10 Å². The lowest BCUT2D eigenvalue weighted by atomic mass is 10.1. The molecule has 3 aromatic rings. The number of benzene rings is 1. The number of aromatic nitrogens is 2. The highest BCUT2D eigenvalue weighted by molar-refractivity contribution is 7.10. The Morgan fingerprint density at radius 1 is 1.18 bits per heavy atom. The Morgan fingerprint density at radius 2 is 1.95 bits per heavy atom. The van der Waals surface area contributed by atoms with Crippen molar-refractivity contribution >= 4 is 11.3 Å². The van der Waals surface area contributed by atoms with Gasteiger partial charge in [0, 0.05) is 29.1 Å². The zero-order chi connectivity index (χ0) is 15.5. The lowest BCUT2D eigenvalue weighted by Crippen LogP contribution is -2.17. The number of rotatable bonds is 5. The van der Waals surface area contributed by atoms with Crippen LogP contribution in [0.2, 0.25) is 0 Å². The number of hydrogen-bond acceptors (Lipinski definition) is 3. The molecule has 0 saturated heterocycles. The molecular formula is C17H18FN3S. The Kier molecular flexibility index (Phi) is 4.36. The van der Waals surface area contributed by atoms with E-state index in [1.807, 2.05) is 6.20 Å². The topological polar surface area (TPSA) is 31.9 Å². The minimum Gasteiger partial charge on any atom is -0.297 e. The number of aryl methyl sites for hydroxylation is 1. The van der Waals surface area contributed by atoms with E-state index in [0.29, 0.717) is 0 Å². The first-order valence-corrected chi connectivity index (χ1v) is 8.01. The van der Waals surface area contributed by atoms with E-state index in [4.69, 9.17) is 0 Å². The van der Waals surface area contributed by atoms with Crippen LogP contribution in [0.1, 0.15) is 16.0 Å². The van der Waals surface area contributed by atoms with Crippen LogP contribution in [-0.2, 0) is 13.1 Å². The molecule has 0 aliphatic rings. The Labute approximate surface area is 133 Å². The fourth-order valence-corrected chi connectivity index (χ4v) is 3.44. The average Bonchev–Trinajstić information content (AvgIpc) is 3.10. The van der Waals surface area contributed by atoms with Crippen LogP contribution < -0.4 is 0 Å². The third-order valence-electron chi connectivity index (χ3n) is 3.67. The maximum absolute atomic E-state index is 13.1. The molecule has 0 radical (unpaired) electrons. The maximum atomic E-state index is 13.1. The summed E-state index contributed by atoms with van der Waals surface area (Å²) in [6.45, 7) is 3.85. The van der Waals surface area contributed by atoms with Gasteiger partial charge in [-0.15, -0.1) is 11.3 Å². The van der Waals surface area contributed by atoms with E-state index in [1.165, 1.54) is 22.6 Å². The van der Waals surface area contributed by atoms with Crippen molar-refractivity contribution in [2.45, 2.75) is 20.0 Å². The zero-order valence-corrected chi connectivity index (χ0v) is 13.5. The Morgan fingerprint density at radius 3 is 2.64 bits per heavy atom. The second-order valence-corrected chi connectivity index (χ2v) is 6.48. The maximum Gasteiger partial charge on any atom is 0.123 e. The quantitative estimate of drug-likeness (QED) is 0.764. The molecule has 0 aliphatic carbocycles. The molecule has 2 aromatic heterocycles. The molecule has 0 fully saturated rings. The largest absolute Gasteiger partial charge is 0.297 e. The van der Waals surface area contributed by atoms with Crippen molar-refractivity contribution in [3.63, 3.8) is 0 Å². The van der Waals surface area contributed by atoms with Crippen molar-refractivity contribution in [2.24, 2.45) is 0 Å². The van der Waals surface area contributed by atoms with Gasteiger partial charge in [-0.05, 0) is 55.2 Å². The molecule has 0 atom stereocenters. The number of nitrogens with zero attached hydrogens (tertiary/aromatic N) is 2. The molecule has 3 nitrogen and oxygen atoms in total. The van der Waals surface area contributed by atoms with Gasteiger partial charge in [-0.1, -0.05) is 0 Å². The monoisotopic (exact) mass is 315 g/mol. The predicted octanol–water partition coefficient (Wildman–Crippen LogP) is 4.22. The summed E-state index contributed by atoms with van der Waals surface area (Å²) in [6.07, 6.45) is 1.84. The summed E-state index contributed by atoms with van der Waals surface area (Å²) < 4.78 is 13.1. The van der Waals surface area contributed by atoms with Gasteiger partial charge in [-0.25, -0.2) is 4.39 Å². The van der Waals surface area contributed by atoms with Crippen LogP contribution in [0.25, 0.3) is 11.3 Å². The lowest BCUT2D eigenvalue weighted by molar-refractivity contribution is 0.322. The van der Waals surface area contributed by atoms with Gasteiger partial charge in [0.15, 0.2) is 0 Å². The highest BCUT2D eigenvalue weighted by atomic mass is 32.1. The molecule has 0 saturated carbocycles. The minimum absolute atomic E-state index is 0.227. The van der Waals surface area contributed by atoms with Crippen molar-refractivity contribution in [1.29, 1.82) is 0 Å².